The Morgan fingerprint density at radius 2 is 1.90 bits per heavy atom. The predicted molar refractivity (Wildman–Crippen MR) is 110 cm³/mol. The largest absolute Gasteiger partial charge is 0.483 e. The number of ether oxygens (including phenoxy) is 2. The number of aromatic nitrogens is 1. The molecular formula is C22H26N2O6. The first-order chi connectivity index (χ1) is 14.5. The number of hydrogen-bond acceptors (Lipinski definition) is 6. The highest BCUT2D eigenvalue weighted by Crippen LogP contribution is 2.16. The van der Waals surface area contributed by atoms with Crippen LogP contribution in [0.1, 0.15) is 31.0 Å². The van der Waals surface area contributed by atoms with Crippen molar-refractivity contribution in [2.45, 2.75) is 39.3 Å². The molecule has 0 bridgehead atoms. The molecule has 0 aliphatic heterocycles. The molecule has 1 heterocycles. The highest BCUT2D eigenvalue weighted by molar-refractivity contribution is 5.85. The number of benzene rings is 1. The van der Waals surface area contributed by atoms with E-state index in [9.17, 15) is 19.2 Å². The number of esters is 1. The molecule has 1 aromatic carbocycles. The van der Waals surface area contributed by atoms with E-state index in [-0.39, 0.29) is 43.8 Å². The fourth-order valence-corrected chi connectivity index (χ4v) is 2.87. The van der Waals surface area contributed by atoms with Gasteiger partial charge in [-0.25, -0.2) is 0 Å². The smallest absolute Gasteiger partial charge is 0.306 e. The van der Waals surface area contributed by atoms with Crippen molar-refractivity contribution in [1.29, 1.82) is 0 Å². The van der Waals surface area contributed by atoms with Gasteiger partial charge in [0.05, 0.1) is 25.2 Å². The summed E-state index contributed by atoms with van der Waals surface area (Å²) in [6.45, 7) is 2.58. The van der Waals surface area contributed by atoms with Gasteiger partial charge in [-0.05, 0) is 12.0 Å². The predicted octanol–water partition coefficient (Wildman–Crippen LogP) is 1.63. The first-order valence-electron chi connectivity index (χ1n) is 9.78. The number of carbonyl (C=O) groups excluding carboxylic acids is 3. The zero-order chi connectivity index (χ0) is 21.8. The summed E-state index contributed by atoms with van der Waals surface area (Å²) in [5.74, 6) is -0.439. The molecule has 2 aromatic rings. The van der Waals surface area contributed by atoms with Crippen molar-refractivity contribution < 1.29 is 23.9 Å². The number of nitrogens with zero attached hydrogens (tertiary/aromatic N) is 1. The summed E-state index contributed by atoms with van der Waals surface area (Å²) in [6, 6.07) is 11.0. The van der Waals surface area contributed by atoms with Crippen LogP contribution in [-0.4, -0.2) is 35.9 Å². The lowest BCUT2D eigenvalue weighted by molar-refractivity contribution is -0.145. The van der Waals surface area contributed by atoms with Crippen LogP contribution in [0.25, 0.3) is 0 Å². The summed E-state index contributed by atoms with van der Waals surface area (Å²) in [5.41, 5.74) is 1.49. The van der Waals surface area contributed by atoms with Gasteiger partial charge in [0.15, 0.2) is 11.5 Å². The average molecular weight is 414 g/mol. The Labute approximate surface area is 174 Å². The molecule has 0 aliphatic rings. The molecule has 0 fully saturated rings. The molecule has 0 atom stereocenters. The Hall–Kier alpha value is -3.42. The Morgan fingerprint density at radius 3 is 2.60 bits per heavy atom. The highest BCUT2D eigenvalue weighted by Gasteiger charge is 2.13. The second kappa shape index (κ2) is 12.2. The normalized spacial score (nSPS) is 10.3. The minimum absolute atomic E-state index is 0.00930. The zero-order valence-corrected chi connectivity index (χ0v) is 17.0. The van der Waals surface area contributed by atoms with Crippen LogP contribution >= 0.6 is 0 Å². The van der Waals surface area contributed by atoms with Crippen molar-refractivity contribution in [3.63, 3.8) is 0 Å². The van der Waals surface area contributed by atoms with Gasteiger partial charge < -0.3 is 19.4 Å². The quantitative estimate of drug-likeness (QED) is 0.395. The van der Waals surface area contributed by atoms with Gasteiger partial charge in [-0.15, -0.1) is 0 Å². The fourth-order valence-electron chi connectivity index (χ4n) is 2.87. The Balaban J connectivity index is 1.91. The summed E-state index contributed by atoms with van der Waals surface area (Å²) in [5, 5.41) is 2.26. The van der Waals surface area contributed by atoms with Crippen molar-refractivity contribution in [1.82, 2.24) is 9.88 Å². The van der Waals surface area contributed by atoms with E-state index in [1.54, 1.807) is 6.20 Å². The van der Waals surface area contributed by atoms with Crippen molar-refractivity contribution in [2.75, 3.05) is 13.2 Å². The van der Waals surface area contributed by atoms with Gasteiger partial charge in [0.25, 0.3) is 0 Å². The molecule has 1 amide bonds. The van der Waals surface area contributed by atoms with E-state index < -0.39 is 5.97 Å². The standard InChI is InChI=1S/C22H26N2O6/c1-2-19-22(30-15-17-6-4-3-5-7-17)20(27)10-11-24(19)12-13-29-21(28)9-8-18(26)14-23-16-25/h3-7,10-11,16H,2,8-9,12-15H2,1H3,(H,23,25). The lowest BCUT2D eigenvalue weighted by Gasteiger charge is -2.17. The minimum Gasteiger partial charge on any atom is -0.483 e. The maximum atomic E-state index is 12.3. The third-order valence-electron chi connectivity index (χ3n) is 4.39. The summed E-state index contributed by atoms with van der Waals surface area (Å²) in [7, 11) is 0. The van der Waals surface area contributed by atoms with Gasteiger partial charge in [-0.1, -0.05) is 37.3 Å². The summed E-state index contributed by atoms with van der Waals surface area (Å²) in [6.07, 6.45) is 2.63. The van der Waals surface area contributed by atoms with E-state index >= 15 is 0 Å². The van der Waals surface area contributed by atoms with Crippen LogP contribution in [0.5, 0.6) is 5.75 Å². The molecule has 0 saturated carbocycles. The molecular weight excluding hydrogens is 388 g/mol. The van der Waals surface area contributed by atoms with Gasteiger partial charge in [0, 0.05) is 18.7 Å². The van der Waals surface area contributed by atoms with Crippen LogP contribution in [0.15, 0.2) is 47.4 Å². The molecule has 30 heavy (non-hydrogen) atoms. The lowest BCUT2D eigenvalue weighted by Crippen LogP contribution is -2.22. The van der Waals surface area contributed by atoms with E-state index in [1.165, 1.54) is 6.07 Å². The van der Waals surface area contributed by atoms with Crippen LogP contribution in [0.4, 0.5) is 0 Å². The van der Waals surface area contributed by atoms with E-state index in [4.69, 9.17) is 9.47 Å². The van der Waals surface area contributed by atoms with Crippen molar-refractivity contribution in [2.24, 2.45) is 0 Å². The Kier molecular flexibility index (Phi) is 9.30. The molecule has 8 heteroatoms. The third kappa shape index (κ3) is 7.20. The number of Topliss-reactive ketones (excluding diaryl/α,β-unsaturated/α-hetero) is 1. The Bertz CT molecular complexity index is 908. The van der Waals surface area contributed by atoms with Crippen molar-refractivity contribution in [3.8, 4) is 5.75 Å². The summed E-state index contributed by atoms with van der Waals surface area (Å²) in [4.78, 5) is 45.7. The van der Waals surface area contributed by atoms with E-state index in [2.05, 4.69) is 5.32 Å². The summed E-state index contributed by atoms with van der Waals surface area (Å²) >= 11 is 0. The number of carbonyl (C=O) groups is 3. The topological polar surface area (TPSA) is 104 Å². The number of hydrogen-bond donors (Lipinski definition) is 1. The first-order valence-corrected chi connectivity index (χ1v) is 9.78. The van der Waals surface area contributed by atoms with Crippen LogP contribution in [0.3, 0.4) is 0 Å². The van der Waals surface area contributed by atoms with Crippen molar-refractivity contribution >= 4 is 18.2 Å². The fraction of sp³-hybridized carbons (Fsp3) is 0.364. The van der Waals surface area contributed by atoms with Gasteiger partial charge >= 0.3 is 5.97 Å². The maximum absolute atomic E-state index is 12.3. The first kappa shape index (κ1) is 22.9. The number of rotatable bonds is 13. The number of amides is 1. The molecule has 1 N–H and O–H groups in total. The number of nitrogens with one attached hydrogen (secondary N) is 1. The van der Waals surface area contributed by atoms with Crippen LogP contribution in [0, 0.1) is 0 Å². The highest BCUT2D eigenvalue weighted by atomic mass is 16.5. The molecule has 1 aromatic heterocycles. The molecule has 8 nitrogen and oxygen atoms in total. The SMILES string of the molecule is CCc1c(OCc2ccccc2)c(=O)ccn1CCOC(=O)CCC(=O)CNC=O. The minimum atomic E-state index is -0.492. The second-order valence-corrected chi connectivity index (χ2v) is 6.53. The van der Waals surface area contributed by atoms with E-state index in [1.807, 2.05) is 41.8 Å². The molecule has 160 valence electrons. The maximum Gasteiger partial charge on any atom is 0.306 e. The molecule has 0 spiro atoms. The van der Waals surface area contributed by atoms with Gasteiger partial charge in [0.2, 0.25) is 11.8 Å². The van der Waals surface area contributed by atoms with Gasteiger partial charge in [0.1, 0.15) is 13.2 Å². The third-order valence-corrected chi connectivity index (χ3v) is 4.39. The molecule has 0 saturated heterocycles. The number of ketones is 1. The second-order valence-electron chi connectivity index (χ2n) is 6.53. The van der Waals surface area contributed by atoms with Crippen LogP contribution in [0.2, 0.25) is 0 Å². The lowest BCUT2D eigenvalue weighted by atomic mass is 10.2. The summed E-state index contributed by atoms with van der Waals surface area (Å²) < 4.78 is 12.8. The van der Waals surface area contributed by atoms with Crippen LogP contribution in [-0.2, 0) is 38.7 Å². The monoisotopic (exact) mass is 414 g/mol. The van der Waals surface area contributed by atoms with E-state index in [0.717, 1.165) is 11.3 Å². The van der Waals surface area contributed by atoms with Crippen LogP contribution < -0.4 is 15.5 Å². The van der Waals surface area contributed by atoms with Gasteiger partial charge in [-0.2, -0.15) is 0 Å². The molecule has 2 rings (SSSR count). The van der Waals surface area contributed by atoms with E-state index in [0.29, 0.717) is 25.1 Å². The Morgan fingerprint density at radius 1 is 1.13 bits per heavy atom. The molecule has 0 aliphatic carbocycles. The average Bonchev–Trinajstić information content (AvgIpc) is 2.76. The van der Waals surface area contributed by atoms with Crippen molar-refractivity contribution in [3.05, 3.63) is 64.1 Å². The molecule has 0 unspecified atom stereocenters. The number of pyridine rings is 1. The molecule has 0 radical (unpaired) electrons. The zero-order valence-electron chi connectivity index (χ0n) is 17.0. The van der Waals surface area contributed by atoms with Gasteiger partial charge in [-0.3, -0.25) is 19.2 Å².